The van der Waals surface area contributed by atoms with Crippen LogP contribution in [-0.2, 0) is 6.42 Å². The topological polar surface area (TPSA) is 25.8 Å². The van der Waals surface area contributed by atoms with Crippen molar-refractivity contribution in [3.8, 4) is 11.3 Å². The summed E-state index contributed by atoms with van der Waals surface area (Å²) in [6, 6.07) is 4.83. The van der Waals surface area contributed by atoms with Gasteiger partial charge in [0.1, 0.15) is 22.6 Å². The van der Waals surface area contributed by atoms with E-state index in [-0.39, 0.29) is 10.7 Å². The summed E-state index contributed by atoms with van der Waals surface area (Å²) in [5.41, 5.74) is 0.592. The van der Waals surface area contributed by atoms with Gasteiger partial charge in [0.05, 0.1) is 5.69 Å². The van der Waals surface area contributed by atoms with Gasteiger partial charge in [-0.25, -0.2) is 18.7 Å². The van der Waals surface area contributed by atoms with Gasteiger partial charge in [-0.15, -0.1) is 0 Å². The van der Waals surface area contributed by atoms with E-state index in [1.807, 2.05) is 6.92 Å². The zero-order valence-corrected chi connectivity index (χ0v) is 10.5. The minimum atomic E-state index is -0.660. The standard InChI is InChI=1S/C13H11ClF2N2/c1-2-3-13-17-11(7-12(14)18-13)9-5-4-8(15)6-10(9)16/h4-7H,2-3H2,1H3. The summed E-state index contributed by atoms with van der Waals surface area (Å²) in [4.78, 5) is 8.28. The lowest BCUT2D eigenvalue weighted by Gasteiger charge is -2.05. The lowest BCUT2D eigenvalue weighted by Crippen LogP contribution is -1.98. The molecule has 0 aliphatic rings. The average Bonchev–Trinajstić information content (AvgIpc) is 2.28. The van der Waals surface area contributed by atoms with Crippen molar-refractivity contribution in [1.82, 2.24) is 9.97 Å². The van der Waals surface area contributed by atoms with Crippen molar-refractivity contribution in [2.45, 2.75) is 19.8 Å². The molecule has 0 atom stereocenters. The van der Waals surface area contributed by atoms with E-state index >= 15 is 0 Å². The molecule has 2 rings (SSSR count). The highest BCUT2D eigenvalue weighted by molar-refractivity contribution is 6.29. The monoisotopic (exact) mass is 268 g/mol. The van der Waals surface area contributed by atoms with Crippen molar-refractivity contribution in [1.29, 1.82) is 0 Å². The number of benzene rings is 1. The van der Waals surface area contributed by atoms with Gasteiger partial charge in [-0.3, -0.25) is 0 Å². The van der Waals surface area contributed by atoms with Crippen molar-refractivity contribution in [2.75, 3.05) is 0 Å². The summed E-state index contributed by atoms with van der Waals surface area (Å²) in [6.45, 7) is 1.99. The zero-order valence-electron chi connectivity index (χ0n) is 9.75. The van der Waals surface area contributed by atoms with E-state index in [2.05, 4.69) is 9.97 Å². The van der Waals surface area contributed by atoms with Gasteiger partial charge >= 0.3 is 0 Å². The summed E-state index contributed by atoms with van der Waals surface area (Å²) in [5, 5.41) is 0.257. The summed E-state index contributed by atoms with van der Waals surface area (Å²) in [6.07, 6.45) is 1.53. The molecule has 0 amide bonds. The first kappa shape index (κ1) is 12.9. The predicted molar refractivity (Wildman–Crippen MR) is 66.4 cm³/mol. The minimum Gasteiger partial charge on any atom is -0.233 e. The number of hydrogen-bond acceptors (Lipinski definition) is 2. The lowest BCUT2D eigenvalue weighted by molar-refractivity contribution is 0.585. The Labute approximate surface area is 109 Å². The summed E-state index contributed by atoms with van der Waals surface area (Å²) < 4.78 is 26.5. The Morgan fingerprint density at radius 1 is 1.17 bits per heavy atom. The Morgan fingerprint density at radius 2 is 1.94 bits per heavy atom. The highest BCUT2D eigenvalue weighted by Crippen LogP contribution is 2.23. The molecular weight excluding hydrogens is 258 g/mol. The molecule has 94 valence electrons. The number of rotatable bonds is 3. The van der Waals surface area contributed by atoms with Crippen LogP contribution in [0.5, 0.6) is 0 Å². The fraction of sp³-hybridized carbons (Fsp3) is 0.231. The molecule has 0 N–H and O–H groups in total. The van der Waals surface area contributed by atoms with E-state index in [1.54, 1.807) is 0 Å². The molecular formula is C13H11ClF2N2. The van der Waals surface area contributed by atoms with Gasteiger partial charge < -0.3 is 0 Å². The molecule has 2 nitrogen and oxygen atoms in total. The van der Waals surface area contributed by atoms with Crippen LogP contribution < -0.4 is 0 Å². The van der Waals surface area contributed by atoms with Crippen LogP contribution in [0.3, 0.4) is 0 Å². The molecule has 2 aromatic rings. The van der Waals surface area contributed by atoms with Crippen LogP contribution in [0.1, 0.15) is 19.2 Å². The second-order valence-corrected chi connectivity index (χ2v) is 4.25. The Hall–Kier alpha value is -1.55. The molecule has 0 fully saturated rings. The largest absolute Gasteiger partial charge is 0.233 e. The van der Waals surface area contributed by atoms with E-state index in [9.17, 15) is 8.78 Å². The van der Waals surface area contributed by atoms with E-state index < -0.39 is 11.6 Å². The second kappa shape index (κ2) is 5.40. The maximum atomic E-state index is 13.6. The van der Waals surface area contributed by atoms with Crippen LogP contribution in [0.4, 0.5) is 8.78 Å². The molecule has 18 heavy (non-hydrogen) atoms. The minimum absolute atomic E-state index is 0.220. The molecule has 0 unspecified atom stereocenters. The fourth-order valence-electron chi connectivity index (χ4n) is 1.64. The first-order chi connectivity index (χ1) is 8.60. The van der Waals surface area contributed by atoms with Crippen LogP contribution >= 0.6 is 11.6 Å². The van der Waals surface area contributed by atoms with Gasteiger partial charge in [-0.05, 0) is 18.6 Å². The number of hydrogen-bond donors (Lipinski definition) is 0. The zero-order chi connectivity index (χ0) is 13.1. The smallest absolute Gasteiger partial charge is 0.135 e. The quantitative estimate of drug-likeness (QED) is 0.786. The molecule has 1 aromatic carbocycles. The van der Waals surface area contributed by atoms with Crippen LogP contribution in [0, 0.1) is 11.6 Å². The molecule has 0 aliphatic heterocycles. The van der Waals surface area contributed by atoms with Gasteiger partial charge in [0.2, 0.25) is 0 Å². The van der Waals surface area contributed by atoms with Gasteiger partial charge in [0.15, 0.2) is 0 Å². The molecule has 0 saturated carbocycles. The Kier molecular flexibility index (Phi) is 3.87. The number of halogens is 3. The third-order valence-electron chi connectivity index (χ3n) is 2.42. The number of nitrogens with zero attached hydrogens (tertiary/aromatic N) is 2. The first-order valence-corrected chi connectivity index (χ1v) is 5.97. The van der Waals surface area contributed by atoms with Gasteiger partial charge in [0, 0.05) is 24.1 Å². The highest BCUT2D eigenvalue weighted by Gasteiger charge is 2.10. The number of aryl methyl sites for hydroxylation is 1. The van der Waals surface area contributed by atoms with Gasteiger partial charge in [-0.1, -0.05) is 18.5 Å². The van der Waals surface area contributed by atoms with Crippen LogP contribution in [0.15, 0.2) is 24.3 Å². The summed E-state index contributed by atoms with van der Waals surface area (Å²) in [7, 11) is 0. The van der Waals surface area contributed by atoms with E-state index in [1.165, 1.54) is 18.2 Å². The normalized spacial score (nSPS) is 10.7. The molecule has 0 saturated heterocycles. The lowest BCUT2D eigenvalue weighted by atomic mass is 10.1. The highest BCUT2D eigenvalue weighted by atomic mass is 35.5. The average molecular weight is 269 g/mol. The van der Waals surface area contributed by atoms with Crippen LogP contribution in [0.2, 0.25) is 5.15 Å². The van der Waals surface area contributed by atoms with Gasteiger partial charge in [-0.2, -0.15) is 0 Å². The Balaban J connectivity index is 2.49. The van der Waals surface area contributed by atoms with E-state index in [0.717, 1.165) is 12.5 Å². The summed E-state index contributed by atoms with van der Waals surface area (Å²) >= 11 is 5.87. The molecule has 5 heteroatoms. The van der Waals surface area contributed by atoms with Crippen LogP contribution in [-0.4, -0.2) is 9.97 Å². The molecule has 0 spiro atoms. The third kappa shape index (κ3) is 2.82. The number of aromatic nitrogens is 2. The molecule has 0 radical (unpaired) electrons. The van der Waals surface area contributed by atoms with Crippen molar-refractivity contribution in [3.05, 3.63) is 46.9 Å². The van der Waals surface area contributed by atoms with Crippen molar-refractivity contribution >= 4 is 11.6 Å². The van der Waals surface area contributed by atoms with Crippen LogP contribution in [0.25, 0.3) is 11.3 Å². The molecule has 1 heterocycles. The molecule has 1 aromatic heterocycles. The Morgan fingerprint density at radius 3 is 2.61 bits per heavy atom. The van der Waals surface area contributed by atoms with E-state index in [0.29, 0.717) is 17.9 Å². The fourth-order valence-corrected chi connectivity index (χ4v) is 1.84. The van der Waals surface area contributed by atoms with Crippen molar-refractivity contribution in [2.24, 2.45) is 0 Å². The first-order valence-electron chi connectivity index (χ1n) is 5.59. The predicted octanol–water partition coefficient (Wildman–Crippen LogP) is 4.03. The maximum absolute atomic E-state index is 13.6. The maximum Gasteiger partial charge on any atom is 0.135 e. The van der Waals surface area contributed by atoms with Gasteiger partial charge in [0.25, 0.3) is 0 Å². The Bertz CT molecular complexity index is 573. The molecule has 0 aliphatic carbocycles. The third-order valence-corrected chi connectivity index (χ3v) is 2.62. The SMILES string of the molecule is CCCc1nc(Cl)cc(-c2ccc(F)cc2F)n1. The van der Waals surface area contributed by atoms with E-state index in [4.69, 9.17) is 11.6 Å². The molecule has 0 bridgehead atoms. The van der Waals surface area contributed by atoms with Crippen molar-refractivity contribution < 1.29 is 8.78 Å². The van der Waals surface area contributed by atoms with Crippen molar-refractivity contribution in [3.63, 3.8) is 0 Å². The second-order valence-electron chi connectivity index (χ2n) is 3.87. The summed E-state index contributed by atoms with van der Waals surface area (Å²) in [5.74, 6) is -0.721.